The molecule has 178 valence electrons. The second-order valence-corrected chi connectivity index (χ2v) is 8.42. The first-order valence-electron chi connectivity index (χ1n) is 11.5. The first kappa shape index (κ1) is 25.0. The number of ether oxygens (including phenoxy) is 3. The van der Waals surface area contributed by atoms with Crippen LogP contribution in [-0.2, 0) is 16.0 Å². The van der Waals surface area contributed by atoms with Gasteiger partial charge >= 0.3 is 5.97 Å². The summed E-state index contributed by atoms with van der Waals surface area (Å²) >= 11 is 0. The minimum absolute atomic E-state index is 0.0504. The maximum Gasteiger partial charge on any atom is 0.305 e. The summed E-state index contributed by atoms with van der Waals surface area (Å²) < 4.78 is 16.8. The van der Waals surface area contributed by atoms with Crippen LogP contribution in [0.1, 0.15) is 52.4 Å². The van der Waals surface area contributed by atoms with Gasteiger partial charge in [-0.15, -0.1) is 0 Å². The van der Waals surface area contributed by atoms with Crippen molar-refractivity contribution in [2.45, 2.75) is 46.1 Å². The van der Waals surface area contributed by atoms with E-state index >= 15 is 0 Å². The first-order chi connectivity index (χ1) is 16.4. The zero-order chi connectivity index (χ0) is 24.5. The zero-order valence-electron chi connectivity index (χ0n) is 20.3. The van der Waals surface area contributed by atoms with Crippen molar-refractivity contribution in [3.63, 3.8) is 0 Å². The van der Waals surface area contributed by atoms with Crippen molar-refractivity contribution < 1.29 is 23.8 Å². The highest BCUT2D eigenvalue weighted by atomic mass is 16.5. The summed E-state index contributed by atoms with van der Waals surface area (Å²) in [5.41, 5.74) is 4.39. The number of methoxy groups -OCH3 is 1. The SMILES string of the molecule is COC(=O)CCc1ccc(OCCC(C)Oc2ccc(C)cc2C(=O)c2ccccc2)cc1C. The second-order valence-electron chi connectivity index (χ2n) is 8.42. The molecule has 0 N–H and O–H groups in total. The molecular weight excluding hydrogens is 428 g/mol. The van der Waals surface area contributed by atoms with Gasteiger partial charge in [0.15, 0.2) is 5.78 Å². The smallest absolute Gasteiger partial charge is 0.305 e. The lowest BCUT2D eigenvalue weighted by Gasteiger charge is -2.18. The lowest BCUT2D eigenvalue weighted by Crippen LogP contribution is -2.17. The number of aryl methyl sites for hydroxylation is 3. The Kier molecular flexibility index (Phi) is 8.86. The molecule has 0 radical (unpaired) electrons. The Morgan fingerprint density at radius 1 is 0.941 bits per heavy atom. The Morgan fingerprint density at radius 2 is 1.71 bits per heavy atom. The fourth-order valence-electron chi connectivity index (χ4n) is 3.66. The first-order valence-corrected chi connectivity index (χ1v) is 11.5. The van der Waals surface area contributed by atoms with Gasteiger partial charge in [0.1, 0.15) is 11.5 Å². The van der Waals surface area contributed by atoms with Gasteiger partial charge in [-0.1, -0.05) is 48.0 Å². The average molecular weight is 461 g/mol. The summed E-state index contributed by atoms with van der Waals surface area (Å²) in [5.74, 6) is 1.10. The van der Waals surface area contributed by atoms with Crippen LogP contribution in [0.4, 0.5) is 0 Å². The summed E-state index contributed by atoms with van der Waals surface area (Å²) in [5, 5.41) is 0. The minimum atomic E-state index is -0.212. The summed E-state index contributed by atoms with van der Waals surface area (Å²) in [7, 11) is 1.40. The normalized spacial score (nSPS) is 11.5. The highest BCUT2D eigenvalue weighted by Gasteiger charge is 2.17. The van der Waals surface area contributed by atoms with Gasteiger partial charge in [-0.3, -0.25) is 9.59 Å². The Labute approximate surface area is 201 Å². The van der Waals surface area contributed by atoms with Gasteiger partial charge in [0, 0.05) is 18.4 Å². The molecule has 0 bridgehead atoms. The predicted molar refractivity (Wildman–Crippen MR) is 133 cm³/mol. The number of esters is 1. The van der Waals surface area contributed by atoms with Gasteiger partial charge in [-0.05, 0) is 62.6 Å². The van der Waals surface area contributed by atoms with Crippen molar-refractivity contribution in [1.29, 1.82) is 0 Å². The van der Waals surface area contributed by atoms with Gasteiger partial charge in [0.25, 0.3) is 0 Å². The topological polar surface area (TPSA) is 61.8 Å². The molecule has 0 spiro atoms. The molecule has 0 aliphatic rings. The van der Waals surface area contributed by atoms with Crippen LogP contribution in [-0.4, -0.2) is 31.6 Å². The van der Waals surface area contributed by atoms with E-state index < -0.39 is 0 Å². The molecule has 3 aromatic carbocycles. The average Bonchev–Trinajstić information content (AvgIpc) is 2.84. The fourth-order valence-corrected chi connectivity index (χ4v) is 3.66. The van der Waals surface area contributed by atoms with Crippen LogP contribution in [0, 0.1) is 13.8 Å². The molecule has 3 rings (SSSR count). The van der Waals surface area contributed by atoms with Gasteiger partial charge in [-0.25, -0.2) is 0 Å². The van der Waals surface area contributed by atoms with Crippen molar-refractivity contribution in [1.82, 2.24) is 0 Å². The number of ketones is 1. The van der Waals surface area contributed by atoms with E-state index in [-0.39, 0.29) is 17.9 Å². The van der Waals surface area contributed by atoms with Crippen molar-refractivity contribution >= 4 is 11.8 Å². The van der Waals surface area contributed by atoms with Gasteiger partial charge < -0.3 is 14.2 Å². The van der Waals surface area contributed by atoms with E-state index in [1.54, 1.807) is 0 Å². The van der Waals surface area contributed by atoms with Gasteiger partial charge in [0.05, 0.1) is 25.4 Å². The van der Waals surface area contributed by atoms with Crippen molar-refractivity contribution in [2.24, 2.45) is 0 Å². The lowest BCUT2D eigenvalue weighted by atomic mass is 10.0. The van der Waals surface area contributed by atoms with Crippen LogP contribution in [0.15, 0.2) is 66.7 Å². The van der Waals surface area contributed by atoms with Crippen LogP contribution in [0.3, 0.4) is 0 Å². The minimum Gasteiger partial charge on any atom is -0.493 e. The molecule has 1 unspecified atom stereocenters. The molecule has 0 heterocycles. The van der Waals surface area contributed by atoms with E-state index in [0.717, 1.165) is 22.4 Å². The number of benzene rings is 3. The molecule has 0 aliphatic carbocycles. The Balaban J connectivity index is 1.57. The van der Waals surface area contributed by atoms with Crippen molar-refractivity contribution in [3.05, 3.63) is 94.5 Å². The molecule has 3 aromatic rings. The highest BCUT2D eigenvalue weighted by molar-refractivity contribution is 6.10. The van der Waals surface area contributed by atoms with E-state index in [9.17, 15) is 9.59 Å². The van der Waals surface area contributed by atoms with Gasteiger partial charge in [-0.2, -0.15) is 0 Å². The largest absolute Gasteiger partial charge is 0.493 e. The molecule has 5 heteroatoms. The number of carbonyl (C=O) groups excluding carboxylic acids is 2. The summed E-state index contributed by atoms with van der Waals surface area (Å²) in [4.78, 5) is 24.4. The predicted octanol–water partition coefficient (Wildman–Crippen LogP) is 5.88. The third-order valence-electron chi connectivity index (χ3n) is 5.68. The molecule has 0 saturated carbocycles. The summed E-state index contributed by atoms with van der Waals surface area (Å²) in [6.07, 6.45) is 1.53. The lowest BCUT2D eigenvalue weighted by molar-refractivity contribution is -0.140. The van der Waals surface area contributed by atoms with E-state index in [0.29, 0.717) is 42.7 Å². The number of carbonyl (C=O) groups is 2. The van der Waals surface area contributed by atoms with Crippen LogP contribution >= 0.6 is 0 Å². The summed E-state index contributed by atoms with van der Waals surface area (Å²) in [6.45, 7) is 6.43. The molecule has 0 amide bonds. The molecule has 0 saturated heterocycles. The maximum absolute atomic E-state index is 13.0. The Bertz CT molecular complexity index is 1120. The monoisotopic (exact) mass is 460 g/mol. The van der Waals surface area contributed by atoms with Gasteiger partial charge in [0.2, 0.25) is 0 Å². The molecular formula is C29H32O5. The van der Waals surface area contributed by atoms with Crippen molar-refractivity contribution in [2.75, 3.05) is 13.7 Å². The fraction of sp³-hybridized carbons (Fsp3) is 0.310. The zero-order valence-corrected chi connectivity index (χ0v) is 20.3. The molecule has 0 fully saturated rings. The third kappa shape index (κ3) is 6.95. The maximum atomic E-state index is 13.0. The van der Waals surface area contributed by atoms with Crippen LogP contribution in [0.5, 0.6) is 11.5 Å². The number of hydrogen-bond donors (Lipinski definition) is 0. The third-order valence-corrected chi connectivity index (χ3v) is 5.68. The molecule has 0 aromatic heterocycles. The van der Waals surface area contributed by atoms with E-state index in [2.05, 4.69) is 0 Å². The standard InChI is InChI=1S/C29H32O5/c1-20-10-14-27(26(18-20)29(31)24-8-6-5-7-9-24)34-22(3)16-17-33-25-13-11-23(21(2)19-25)12-15-28(30)32-4/h5-11,13-14,18-19,22H,12,15-17H2,1-4H3. The number of hydrogen-bond acceptors (Lipinski definition) is 5. The second kappa shape index (κ2) is 12.0. The Morgan fingerprint density at radius 3 is 2.41 bits per heavy atom. The Hall–Kier alpha value is -3.60. The molecule has 0 aliphatic heterocycles. The quantitative estimate of drug-likeness (QED) is 0.264. The van der Waals surface area contributed by atoms with Crippen molar-refractivity contribution in [3.8, 4) is 11.5 Å². The van der Waals surface area contributed by atoms with Crippen LogP contribution in [0.2, 0.25) is 0 Å². The van der Waals surface area contributed by atoms with E-state index in [4.69, 9.17) is 14.2 Å². The molecule has 1 atom stereocenters. The number of rotatable bonds is 11. The van der Waals surface area contributed by atoms with E-state index in [1.165, 1.54) is 7.11 Å². The van der Waals surface area contributed by atoms with E-state index in [1.807, 2.05) is 87.5 Å². The highest BCUT2D eigenvalue weighted by Crippen LogP contribution is 2.25. The molecule has 34 heavy (non-hydrogen) atoms. The van der Waals surface area contributed by atoms with Crippen LogP contribution < -0.4 is 9.47 Å². The van der Waals surface area contributed by atoms with Crippen LogP contribution in [0.25, 0.3) is 0 Å². The molecule has 5 nitrogen and oxygen atoms in total. The summed E-state index contributed by atoms with van der Waals surface area (Å²) in [6, 6.07) is 20.8.